The summed E-state index contributed by atoms with van der Waals surface area (Å²) >= 11 is 0. The van der Waals surface area contributed by atoms with Gasteiger partial charge in [-0.15, -0.1) is 0 Å². The first-order valence-electron chi connectivity index (χ1n) is 18.3. The van der Waals surface area contributed by atoms with Crippen molar-refractivity contribution in [2.75, 3.05) is 19.6 Å². The number of aryl methyl sites for hydroxylation is 2. The second-order valence-corrected chi connectivity index (χ2v) is 14.0. The minimum Gasteiger partial charge on any atom is -0.353 e. The summed E-state index contributed by atoms with van der Waals surface area (Å²) in [6.45, 7) is 9.05. The van der Waals surface area contributed by atoms with Crippen LogP contribution in [0.5, 0.6) is 0 Å². The maximum atomic E-state index is 13.9. The molecule has 5 amide bonds. The van der Waals surface area contributed by atoms with Crippen LogP contribution < -0.4 is 26.7 Å². The molecule has 0 radical (unpaired) electrons. The first kappa shape index (κ1) is 39.3. The molecule has 0 fully saturated rings. The highest BCUT2D eigenvalue weighted by Crippen LogP contribution is 2.21. The van der Waals surface area contributed by atoms with Crippen molar-refractivity contribution in [3.05, 3.63) is 93.8 Å². The van der Waals surface area contributed by atoms with Crippen molar-refractivity contribution in [3.8, 4) is 0 Å². The van der Waals surface area contributed by atoms with Crippen molar-refractivity contribution in [2.45, 2.75) is 85.1 Å². The molecule has 0 bridgehead atoms. The van der Waals surface area contributed by atoms with Gasteiger partial charge in [0.1, 0.15) is 31.0 Å². The topological polar surface area (TPSA) is 189 Å². The number of pyridine rings is 1. The van der Waals surface area contributed by atoms with E-state index in [2.05, 4.69) is 31.3 Å². The molecule has 0 aliphatic carbocycles. The Hall–Kier alpha value is -5.86. The number of amides is 5. The van der Waals surface area contributed by atoms with Gasteiger partial charge in [0.25, 0.3) is 0 Å². The first-order valence-corrected chi connectivity index (χ1v) is 18.3. The van der Waals surface area contributed by atoms with Gasteiger partial charge in [0.2, 0.25) is 29.5 Å². The maximum Gasteiger partial charge on any atom is 0.243 e. The van der Waals surface area contributed by atoms with Gasteiger partial charge in [0.15, 0.2) is 11.3 Å². The zero-order valence-corrected chi connectivity index (χ0v) is 31.4. The summed E-state index contributed by atoms with van der Waals surface area (Å²) in [5.41, 5.74) is 1.95. The molecule has 15 heteroatoms. The lowest BCUT2D eigenvalue weighted by Gasteiger charge is -2.27. The Bertz CT molecular complexity index is 2060. The molecule has 3 atom stereocenters. The molecule has 0 spiro atoms. The Kier molecular flexibility index (Phi) is 13.0. The number of nitrogens with zero attached hydrogens (tertiary/aromatic N) is 5. The van der Waals surface area contributed by atoms with Gasteiger partial charge in [-0.05, 0) is 50.8 Å². The normalized spacial score (nSPS) is 19.7. The number of benzene rings is 2. The smallest absolute Gasteiger partial charge is 0.243 e. The monoisotopic (exact) mass is 739 g/mol. The van der Waals surface area contributed by atoms with Crippen LogP contribution >= 0.6 is 0 Å². The summed E-state index contributed by atoms with van der Waals surface area (Å²) in [4.78, 5) is 86.3. The van der Waals surface area contributed by atoms with Crippen molar-refractivity contribution in [1.29, 1.82) is 0 Å². The number of nitrogens with one attached hydrogen (secondary N) is 4. The Labute approximate surface area is 313 Å². The third-order valence-corrected chi connectivity index (χ3v) is 9.44. The molecule has 2 aromatic heterocycles. The van der Waals surface area contributed by atoms with Crippen molar-refractivity contribution in [2.24, 2.45) is 5.92 Å². The van der Waals surface area contributed by atoms with Gasteiger partial charge in [-0.3, -0.25) is 28.8 Å². The van der Waals surface area contributed by atoms with Crippen molar-refractivity contribution >= 4 is 40.4 Å². The SMILES string of the molecule is Cc1nc2n(n1)CC(=O)NCCN(C(=O)Cn1c(C)cc(=O)c3ccccc31)CCCC(=O)N[C@@H](C)C(=O)N[C@H](Cc1ccccc1)C(=O)N[C@H]2C(C)C. The van der Waals surface area contributed by atoms with E-state index in [4.69, 9.17) is 0 Å². The van der Waals surface area contributed by atoms with Gasteiger partial charge in [0.05, 0.1) is 11.6 Å². The molecule has 0 unspecified atom stereocenters. The van der Waals surface area contributed by atoms with Gasteiger partial charge < -0.3 is 30.7 Å². The molecular formula is C39H49N9O6. The molecule has 0 saturated heterocycles. The molecule has 5 rings (SSSR count). The van der Waals surface area contributed by atoms with E-state index in [1.165, 1.54) is 10.7 Å². The van der Waals surface area contributed by atoms with Crippen molar-refractivity contribution in [3.63, 3.8) is 0 Å². The van der Waals surface area contributed by atoms with Crippen LogP contribution in [0.2, 0.25) is 0 Å². The van der Waals surface area contributed by atoms with Crippen LogP contribution in [0.15, 0.2) is 65.5 Å². The minimum absolute atomic E-state index is 0.0200. The van der Waals surface area contributed by atoms with Crippen LogP contribution in [0.1, 0.15) is 62.6 Å². The van der Waals surface area contributed by atoms with Crippen LogP contribution in [0.4, 0.5) is 0 Å². The zero-order valence-electron chi connectivity index (χ0n) is 31.4. The van der Waals surface area contributed by atoms with E-state index in [1.807, 2.05) is 44.2 Å². The minimum atomic E-state index is -0.991. The number of hydrogen-bond acceptors (Lipinski definition) is 8. The Morgan fingerprint density at radius 1 is 0.889 bits per heavy atom. The van der Waals surface area contributed by atoms with E-state index >= 15 is 0 Å². The third kappa shape index (κ3) is 9.96. The summed E-state index contributed by atoms with van der Waals surface area (Å²) in [6.07, 6.45) is 0.490. The number of aromatic nitrogens is 4. The van der Waals surface area contributed by atoms with Crippen LogP contribution in [-0.4, -0.2) is 85.5 Å². The molecule has 3 heterocycles. The molecular weight excluding hydrogens is 690 g/mol. The first-order chi connectivity index (χ1) is 25.8. The summed E-state index contributed by atoms with van der Waals surface area (Å²) in [5.74, 6) is -1.40. The quantitative estimate of drug-likeness (QED) is 0.238. The maximum absolute atomic E-state index is 13.9. The van der Waals surface area contributed by atoms with E-state index in [0.29, 0.717) is 28.2 Å². The molecule has 4 aromatic rings. The third-order valence-electron chi connectivity index (χ3n) is 9.44. The van der Waals surface area contributed by atoms with Crippen LogP contribution in [-0.2, 0) is 43.5 Å². The lowest BCUT2D eigenvalue weighted by atomic mass is 10.0. The van der Waals surface area contributed by atoms with Crippen LogP contribution in [0.25, 0.3) is 10.9 Å². The van der Waals surface area contributed by atoms with Gasteiger partial charge in [-0.2, -0.15) is 5.10 Å². The molecule has 1 aliphatic heterocycles. The van der Waals surface area contributed by atoms with Crippen LogP contribution in [0.3, 0.4) is 0 Å². The van der Waals surface area contributed by atoms with Crippen molar-refractivity contribution in [1.82, 2.24) is 45.5 Å². The predicted octanol–water partition coefficient (Wildman–Crippen LogP) is 1.69. The number of carbonyl (C=O) groups excluding carboxylic acids is 5. The van der Waals surface area contributed by atoms with E-state index in [1.54, 1.807) is 54.5 Å². The lowest BCUT2D eigenvalue weighted by molar-refractivity contribution is -0.133. The average molecular weight is 740 g/mol. The number of para-hydroxylation sites is 1. The molecule has 0 saturated carbocycles. The standard InChI is InChI=1S/C39H49N9O6/c1-24(2)36-37-42-27(5)45-48(37)22-34(51)40-17-19-46(35(52)23-47-25(3)20-32(49)29-14-9-10-15-31(29)47)18-11-16-33(50)41-26(4)38(53)43-30(39(54)44-36)21-28-12-7-6-8-13-28/h6-10,12-15,20,24,26,30,36H,11,16-19,21-23H2,1-5H3,(H,40,51)(H,41,50)(H,43,53)(H,44,54)/t26-,30+,36-/m0/s1. The van der Waals surface area contributed by atoms with E-state index < -0.39 is 35.8 Å². The lowest BCUT2D eigenvalue weighted by Crippen LogP contribution is -2.54. The number of carbonyl (C=O) groups is 5. The molecule has 15 nitrogen and oxygen atoms in total. The molecule has 286 valence electrons. The highest BCUT2D eigenvalue weighted by atomic mass is 16.2. The fourth-order valence-corrected chi connectivity index (χ4v) is 6.55. The Morgan fingerprint density at radius 2 is 1.61 bits per heavy atom. The number of rotatable bonds is 5. The number of hydrogen-bond donors (Lipinski definition) is 4. The predicted molar refractivity (Wildman–Crippen MR) is 202 cm³/mol. The fourth-order valence-electron chi connectivity index (χ4n) is 6.55. The van der Waals surface area contributed by atoms with Gasteiger partial charge in [0, 0.05) is 49.6 Å². The number of fused-ring (bicyclic) bond motifs is 2. The van der Waals surface area contributed by atoms with Crippen LogP contribution in [0, 0.1) is 19.8 Å². The van der Waals surface area contributed by atoms with E-state index in [0.717, 1.165) is 5.56 Å². The van der Waals surface area contributed by atoms with Gasteiger partial charge >= 0.3 is 0 Å². The zero-order chi connectivity index (χ0) is 38.9. The second-order valence-electron chi connectivity index (χ2n) is 14.0. The summed E-state index contributed by atoms with van der Waals surface area (Å²) < 4.78 is 3.24. The summed E-state index contributed by atoms with van der Waals surface area (Å²) in [5, 5.41) is 16.4. The molecule has 4 N–H and O–H groups in total. The molecule has 54 heavy (non-hydrogen) atoms. The summed E-state index contributed by atoms with van der Waals surface area (Å²) in [7, 11) is 0. The Morgan fingerprint density at radius 3 is 2.35 bits per heavy atom. The van der Waals surface area contributed by atoms with E-state index in [9.17, 15) is 28.8 Å². The van der Waals surface area contributed by atoms with Gasteiger partial charge in [-0.1, -0.05) is 56.3 Å². The van der Waals surface area contributed by atoms with Crippen molar-refractivity contribution < 1.29 is 24.0 Å². The molecule has 1 aliphatic rings. The highest BCUT2D eigenvalue weighted by Gasteiger charge is 2.31. The van der Waals surface area contributed by atoms with E-state index in [-0.39, 0.29) is 75.1 Å². The fraction of sp³-hybridized carbons (Fsp3) is 0.436. The largest absolute Gasteiger partial charge is 0.353 e. The average Bonchev–Trinajstić information content (AvgIpc) is 3.49. The molecule has 2 aromatic carbocycles. The highest BCUT2D eigenvalue weighted by molar-refractivity contribution is 5.92. The second kappa shape index (κ2) is 17.8. The Balaban J connectivity index is 1.41. The summed E-state index contributed by atoms with van der Waals surface area (Å²) in [6, 6.07) is 15.3. The van der Waals surface area contributed by atoms with Gasteiger partial charge in [-0.25, -0.2) is 9.67 Å².